The van der Waals surface area contributed by atoms with E-state index < -0.39 is 17.8 Å². The third-order valence-electron chi connectivity index (χ3n) is 5.54. The summed E-state index contributed by atoms with van der Waals surface area (Å²) >= 11 is 0. The molecule has 0 aromatic heterocycles. The fraction of sp³-hybridized carbons (Fsp3) is 0.400. The number of unbranched alkanes of at least 4 members (excludes halogenated alkanes) is 1. The summed E-state index contributed by atoms with van der Waals surface area (Å²) in [4.78, 5) is 38.7. The number of esters is 1. The largest absolute Gasteiger partial charge is 0.455 e. The van der Waals surface area contributed by atoms with Gasteiger partial charge in [-0.1, -0.05) is 37.6 Å². The van der Waals surface area contributed by atoms with E-state index in [0.717, 1.165) is 36.1 Å². The second kappa shape index (κ2) is 10.2. The summed E-state index contributed by atoms with van der Waals surface area (Å²) in [5, 5.41) is 2.77. The van der Waals surface area contributed by atoms with Crippen LogP contribution in [0.1, 0.15) is 42.9 Å². The van der Waals surface area contributed by atoms with Crippen molar-refractivity contribution in [1.29, 1.82) is 0 Å². The molecule has 0 radical (unpaired) electrons. The number of carbonyl (C=O) groups is 3. The molecule has 164 valence electrons. The summed E-state index contributed by atoms with van der Waals surface area (Å²) in [6, 6.07) is 13.7. The van der Waals surface area contributed by atoms with Crippen molar-refractivity contribution in [2.45, 2.75) is 46.5 Å². The van der Waals surface area contributed by atoms with Crippen LogP contribution in [-0.2, 0) is 25.5 Å². The molecular weight excluding hydrogens is 392 g/mol. The summed E-state index contributed by atoms with van der Waals surface area (Å²) in [7, 11) is 0. The van der Waals surface area contributed by atoms with Gasteiger partial charge in [0.05, 0.1) is 5.92 Å². The van der Waals surface area contributed by atoms with Crippen molar-refractivity contribution < 1.29 is 19.1 Å². The van der Waals surface area contributed by atoms with E-state index in [1.807, 2.05) is 56.3 Å². The van der Waals surface area contributed by atoms with Crippen LogP contribution in [-0.4, -0.2) is 30.9 Å². The zero-order valence-electron chi connectivity index (χ0n) is 18.4. The molecule has 1 aliphatic rings. The molecule has 2 aromatic rings. The number of anilines is 2. The summed E-state index contributed by atoms with van der Waals surface area (Å²) in [5.41, 5.74) is 4.69. The van der Waals surface area contributed by atoms with Crippen molar-refractivity contribution in [2.24, 2.45) is 5.92 Å². The van der Waals surface area contributed by atoms with Gasteiger partial charge in [0.2, 0.25) is 5.91 Å². The molecule has 1 saturated heterocycles. The molecule has 1 N–H and O–H groups in total. The Morgan fingerprint density at radius 3 is 2.58 bits per heavy atom. The molecule has 1 atom stereocenters. The second-order valence-corrected chi connectivity index (χ2v) is 8.15. The van der Waals surface area contributed by atoms with Crippen LogP contribution in [0.15, 0.2) is 42.5 Å². The van der Waals surface area contributed by atoms with Gasteiger partial charge in [-0.05, 0) is 61.6 Å². The van der Waals surface area contributed by atoms with E-state index in [2.05, 4.69) is 12.2 Å². The van der Waals surface area contributed by atoms with E-state index in [1.165, 1.54) is 5.56 Å². The van der Waals surface area contributed by atoms with Crippen LogP contribution in [0, 0.1) is 19.8 Å². The molecule has 3 rings (SSSR count). The number of hydrogen-bond donors (Lipinski definition) is 1. The van der Waals surface area contributed by atoms with E-state index in [0.29, 0.717) is 5.69 Å². The lowest BCUT2D eigenvalue weighted by molar-refractivity contribution is -0.151. The number of benzene rings is 2. The molecule has 6 nitrogen and oxygen atoms in total. The van der Waals surface area contributed by atoms with Gasteiger partial charge in [0.25, 0.3) is 5.91 Å². The Morgan fingerprint density at radius 1 is 1.13 bits per heavy atom. The minimum atomic E-state index is -0.569. The maximum absolute atomic E-state index is 12.4. The van der Waals surface area contributed by atoms with Gasteiger partial charge in [0.1, 0.15) is 0 Å². The number of rotatable bonds is 8. The smallest absolute Gasteiger partial charge is 0.311 e. The zero-order valence-corrected chi connectivity index (χ0v) is 18.4. The van der Waals surface area contributed by atoms with E-state index in [1.54, 1.807) is 4.90 Å². The average Bonchev–Trinajstić information content (AvgIpc) is 3.15. The summed E-state index contributed by atoms with van der Waals surface area (Å²) in [6.07, 6.45) is 3.38. The predicted octanol–water partition coefficient (Wildman–Crippen LogP) is 4.18. The number of nitrogens with zero attached hydrogens (tertiary/aromatic N) is 1. The Kier molecular flexibility index (Phi) is 7.45. The highest BCUT2D eigenvalue weighted by Gasteiger charge is 2.36. The summed E-state index contributed by atoms with van der Waals surface area (Å²) in [5.74, 6) is -1.60. The van der Waals surface area contributed by atoms with Crippen molar-refractivity contribution >= 4 is 29.2 Å². The summed E-state index contributed by atoms with van der Waals surface area (Å²) in [6.45, 7) is 5.89. The maximum Gasteiger partial charge on any atom is 0.311 e. The number of carbonyl (C=O) groups excluding carboxylic acids is 3. The molecule has 0 unspecified atom stereocenters. The lowest BCUT2D eigenvalue weighted by Gasteiger charge is -2.17. The number of hydrogen-bond acceptors (Lipinski definition) is 4. The number of aryl methyl sites for hydroxylation is 3. The number of amides is 2. The molecule has 1 fully saturated rings. The maximum atomic E-state index is 12.4. The predicted molar refractivity (Wildman–Crippen MR) is 121 cm³/mol. The van der Waals surface area contributed by atoms with Gasteiger partial charge in [0.15, 0.2) is 6.61 Å². The minimum Gasteiger partial charge on any atom is -0.455 e. The second-order valence-electron chi connectivity index (χ2n) is 8.15. The third kappa shape index (κ3) is 5.94. The van der Waals surface area contributed by atoms with E-state index >= 15 is 0 Å². The van der Waals surface area contributed by atoms with Crippen LogP contribution in [0.2, 0.25) is 0 Å². The highest BCUT2D eigenvalue weighted by molar-refractivity contribution is 6.00. The first-order valence-electron chi connectivity index (χ1n) is 10.8. The molecule has 2 amide bonds. The number of ether oxygens (including phenoxy) is 1. The first kappa shape index (κ1) is 22.5. The Balaban J connectivity index is 1.51. The van der Waals surface area contributed by atoms with Crippen molar-refractivity contribution in [3.63, 3.8) is 0 Å². The highest BCUT2D eigenvalue weighted by atomic mass is 16.5. The molecule has 1 heterocycles. The SMILES string of the molecule is CCCCc1ccc(N2C[C@H](C(=O)OCC(=O)Nc3cc(C)ccc3C)CC2=O)cc1. The topological polar surface area (TPSA) is 75.7 Å². The van der Waals surface area contributed by atoms with Gasteiger partial charge >= 0.3 is 5.97 Å². The Morgan fingerprint density at radius 2 is 1.87 bits per heavy atom. The van der Waals surface area contributed by atoms with Crippen molar-refractivity contribution in [2.75, 3.05) is 23.4 Å². The van der Waals surface area contributed by atoms with Crippen LogP contribution >= 0.6 is 0 Å². The zero-order chi connectivity index (χ0) is 22.4. The molecule has 1 aliphatic heterocycles. The van der Waals surface area contributed by atoms with Gasteiger partial charge in [-0.25, -0.2) is 0 Å². The molecule has 0 bridgehead atoms. The first-order valence-corrected chi connectivity index (χ1v) is 10.8. The average molecular weight is 423 g/mol. The highest BCUT2D eigenvalue weighted by Crippen LogP contribution is 2.26. The van der Waals surface area contributed by atoms with Gasteiger partial charge in [-0.2, -0.15) is 0 Å². The van der Waals surface area contributed by atoms with E-state index in [4.69, 9.17) is 4.74 Å². The molecule has 0 saturated carbocycles. The molecule has 0 spiro atoms. The first-order chi connectivity index (χ1) is 14.9. The molecule has 31 heavy (non-hydrogen) atoms. The fourth-order valence-electron chi connectivity index (χ4n) is 3.65. The quantitative estimate of drug-likeness (QED) is 0.648. The molecule has 6 heteroatoms. The lowest BCUT2D eigenvalue weighted by Crippen LogP contribution is -2.28. The minimum absolute atomic E-state index is 0.0923. The standard InChI is InChI=1S/C25H30N2O4/c1-4-5-6-19-9-11-21(12-10-19)27-15-20(14-24(27)29)25(30)31-16-23(28)26-22-13-17(2)7-8-18(22)3/h7-13,20H,4-6,14-16H2,1-3H3,(H,26,28)/t20-/m1/s1. The normalized spacial score (nSPS) is 15.8. The van der Waals surface area contributed by atoms with Crippen LogP contribution in [0.3, 0.4) is 0 Å². The van der Waals surface area contributed by atoms with Crippen molar-refractivity contribution in [3.05, 3.63) is 59.2 Å². The lowest BCUT2D eigenvalue weighted by atomic mass is 10.1. The van der Waals surface area contributed by atoms with Crippen LogP contribution in [0.25, 0.3) is 0 Å². The van der Waals surface area contributed by atoms with Gasteiger partial charge in [-0.3, -0.25) is 14.4 Å². The van der Waals surface area contributed by atoms with Crippen LogP contribution in [0.5, 0.6) is 0 Å². The molecule has 2 aromatic carbocycles. The van der Waals surface area contributed by atoms with E-state index in [9.17, 15) is 14.4 Å². The van der Waals surface area contributed by atoms with Crippen LogP contribution < -0.4 is 10.2 Å². The number of nitrogens with one attached hydrogen (secondary N) is 1. The van der Waals surface area contributed by atoms with Gasteiger partial charge < -0.3 is 15.0 Å². The van der Waals surface area contributed by atoms with Gasteiger partial charge in [0, 0.05) is 24.3 Å². The Hall–Kier alpha value is -3.15. The Bertz CT molecular complexity index is 952. The van der Waals surface area contributed by atoms with Crippen molar-refractivity contribution in [3.8, 4) is 0 Å². The summed E-state index contributed by atoms with van der Waals surface area (Å²) < 4.78 is 5.20. The third-order valence-corrected chi connectivity index (χ3v) is 5.54. The van der Waals surface area contributed by atoms with Crippen molar-refractivity contribution in [1.82, 2.24) is 0 Å². The van der Waals surface area contributed by atoms with Crippen LogP contribution in [0.4, 0.5) is 11.4 Å². The van der Waals surface area contributed by atoms with Gasteiger partial charge in [-0.15, -0.1) is 0 Å². The van der Waals surface area contributed by atoms with E-state index in [-0.39, 0.29) is 25.5 Å². The molecular formula is C25H30N2O4. The molecule has 0 aliphatic carbocycles. The Labute approximate surface area is 183 Å². The monoisotopic (exact) mass is 422 g/mol. The fourth-order valence-corrected chi connectivity index (χ4v) is 3.65.